The molecule has 2 aliphatic rings. The van der Waals surface area contributed by atoms with Crippen LogP contribution in [-0.4, -0.2) is 41.8 Å². The number of likely N-dealkylation sites (tertiary alicyclic amines) is 1. The molecule has 0 unspecified atom stereocenters. The number of nitrogens with zero attached hydrogens (tertiary/aromatic N) is 1. The maximum absolute atomic E-state index is 12.2. The van der Waals surface area contributed by atoms with Gasteiger partial charge in [-0.2, -0.15) is 0 Å². The summed E-state index contributed by atoms with van der Waals surface area (Å²) in [5.41, 5.74) is 0.763. The van der Waals surface area contributed by atoms with E-state index in [1.807, 2.05) is 30.3 Å². The van der Waals surface area contributed by atoms with Gasteiger partial charge in [-0.05, 0) is 45.2 Å². The third-order valence-corrected chi connectivity index (χ3v) is 5.14. The smallest absolute Gasteiger partial charge is 0.220 e. The Morgan fingerprint density at radius 1 is 1.00 bits per heavy atom. The van der Waals surface area contributed by atoms with Crippen molar-refractivity contribution in [2.45, 2.75) is 56.9 Å². The van der Waals surface area contributed by atoms with Crippen LogP contribution in [0.2, 0.25) is 0 Å². The highest BCUT2D eigenvalue weighted by atomic mass is 16.2. The molecule has 1 heterocycles. The predicted octanol–water partition coefficient (Wildman–Crippen LogP) is 3.17. The molecule has 2 fully saturated rings. The number of nitrogens with one attached hydrogen (secondary N) is 1. The molecule has 0 radical (unpaired) electrons. The molecule has 1 aliphatic carbocycles. The van der Waals surface area contributed by atoms with Crippen molar-refractivity contribution >= 4 is 11.7 Å². The van der Waals surface area contributed by atoms with Gasteiger partial charge >= 0.3 is 0 Å². The van der Waals surface area contributed by atoms with Crippen molar-refractivity contribution in [1.82, 2.24) is 10.2 Å². The number of hydrogen-bond acceptors (Lipinski definition) is 3. The van der Waals surface area contributed by atoms with Crippen LogP contribution >= 0.6 is 0 Å². The molecule has 0 atom stereocenters. The number of carbonyl (C=O) groups excluding carboxylic acids is 2. The van der Waals surface area contributed by atoms with Crippen molar-refractivity contribution in [3.63, 3.8) is 0 Å². The average molecular weight is 328 g/mol. The van der Waals surface area contributed by atoms with Crippen LogP contribution in [0.25, 0.3) is 0 Å². The van der Waals surface area contributed by atoms with Crippen LogP contribution < -0.4 is 5.32 Å². The number of carbonyl (C=O) groups is 2. The van der Waals surface area contributed by atoms with Crippen LogP contribution in [0.5, 0.6) is 0 Å². The highest BCUT2D eigenvalue weighted by Crippen LogP contribution is 2.36. The van der Waals surface area contributed by atoms with Crippen LogP contribution in [0.1, 0.15) is 61.7 Å². The molecule has 0 spiro atoms. The normalized spacial score (nSPS) is 19.7. The van der Waals surface area contributed by atoms with E-state index in [2.05, 4.69) is 10.2 Å². The van der Waals surface area contributed by atoms with Crippen molar-refractivity contribution in [1.29, 1.82) is 0 Å². The van der Waals surface area contributed by atoms with Crippen LogP contribution in [0.3, 0.4) is 0 Å². The number of amides is 1. The van der Waals surface area contributed by atoms with Crippen LogP contribution in [-0.2, 0) is 4.79 Å². The summed E-state index contributed by atoms with van der Waals surface area (Å²) in [5, 5.41) is 3.24. The minimum Gasteiger partial charge on any atom is -0.349 e. The van der Waals surface area contributed by atoms with Gasteiger partial charge in [-0.1, -0.05) is 36.8 Å². The molecule has 1 amide bonds. The van der Waals surface area contributed by atoms with Gasteiger partial charge in [0.25, 0.3) is 0 Å². The largest absolute Gasteiger partial charge is 0.349 e. The zero-order chi connectivity index (χ0) is 16.8. The number of ketones is 1. The summed E-state index contributed by atoms with van der Waals surface area (Å²) in [5.74, 6) is 0.225. The number of hydrogen-bond donors (Lipinski definition) is 1. The van der Waals surface area contributed by atoms with Gasteiger partial charge in [0.1, 0.15) is 0 Å². The molecular formula is C20H28N2O2. The lowest BCUT2D eigenvalue weighted by atomic mass is 10.1. The lowest BCUT2D eigenvalue weighted by molar-refractivity contribution is -0.122. The summed E-state index contributed by atoms with van der Waals surface area (Å²) in [6.07, 6.45) is 7.61. The first kappa shape index (κ1) is 17.2. The van der Waals surface area contributed by atoms with E-state index in [0.29, 0.717) is 19.3 Å². The fourth-order valence-electron chi connectivity index (χ4n) is 3.56. The molecule has 130 valence electrons. The number of Topliss-reactive ketones (excluding diaryl/α,β-unsaturated/α-hetero) is 1. The quantitative estimate of drug-likeness (QED) is 0.746. The zero-order valence-electron chi connectivity index (χ0n) is 14.4. The summed E-state index contributed by atoms with van der Waals surface area (Å²) < 4.78 is 0. The minimum absolute atomic E-state index is 0.0257. The Hall–Kier alpha value is -1.68. The minimum atomic E-state index is 0.0257. The maximum atomic E-state index is 12.2. The summed E-state index contributed by atoms with van der Waals surface area (Å²) in [6.45, 7) is 3.34. The van der Waals surface area contributed by atoms with Gasteiger partial charge in [0.15, 0.2) is 5.78 Å². The molecule has 1 saturated carbocycles. The maximum Gasteiger partial charge on any atom is 0.220 e. The molecular weight excluding hydrogens is 300 g/mol. The van der Waals surface area contributed by atoms with Gasteiger partial charge in [-0.3, -0.25) is 9.59 Å². The van der Waals surface area contributed by atoms with Crippen molar-refractivity contribution in [2.24, 2.45) is 0 Å². The molecule has 0 bridgehead atoms. The van der Waals surface area contributed by atoms with Crippen LogP contribution in [0.15, 0.2) is 30.3 Å². The predicted molar refractivity (Wildman–Crippen MR) is 95.0 cm³/mol. The second-order valence-corrected chi connectivity index (χ2v) is 7.31. The Labute approximate surface area is 144 Å². The summed E-state index contributed by atoms with van der Waals surface area (Å²) in [7, 11) is 0. The zero-order valence-corrected chi connectivity index (χ0v) is 14.4. The first-order valence-electron chi connectivity index (χ1n) is 9.29. The van der Waals surface area contributed by atoms with Gasteiger partial charge in [0.05, 0.1) is 5.54 Å². The van der Waals surface area contributed by atoms with E-state index >= 15 is 0 Å². The van der Waals surface area contributed by atoms with Crippen molar-refractivity contribution in [3.8, 4) is 0 Å². The number of rotatable bonds is 8. The summed E-state index contributed by atoms with van der Waals surface area (Å²) >= 11 is 0. The highest BCUT2D eigenvalue weighted by molar-refractivity contribution is 5.96. The Kier molecular flexibility index (Phi) is 5.67. The molecule has 24 heavy (non-hydrogen) atoms. The van der Waals surface area contributed by atoms with E-state index in [-0.39, 0.29) is 17.2 Å². The van der Waals surface area contributed by atoms with Crippen molar-refractivity contribution < 1.29 is 9.59 Å². The Morgan fingerprint density at radius 3 is 2.38 bits per heavy atom. The number of benzene rings is 1. The molecule has 4 nitrogen and oxygen atoms in total. The molecule has 1 aliphatic heterocycles. The van der Waals surface area contributed by atoms with Gasteiger partial charge in [-0.25, -0.2) is 0 Å². The Morgan fingerprint density at radius 2 is 1.71 bits per heavy atom. The summed E-state index contributed by atoms with van der Waals surface area (Å²) in [6, 6.07) is 9.32. The SMILES string of the molecule is O=C(CCCC(=O)c1ccccc1)NC1(CN2CCCCC2)CC1. The van der Waals surface area contributed by atoms with Gasteiger partial charge in [-0.15, -0.1) is 0 Å². The Balaban J connectivity index is 1.37. The van der Waals surface area contributed by atoms with Gasteiger partial charge < -0.3 is 10.2 Å². The van der Waals surface area contributed by atoms with Gasteiger partial charge in [0, 0.05) is 24.9 Å². The molecule has 1 aromatic carbocycles. The van der Waals surface area contributed by atoms with Crippen LogP contribution in [0.4, 0.5) is 0 Å². The Bertz CT molecular complexity index is 560. The lowest BCUT2D eigenvalue weighted by Crippen LogP contribution is -2.47. The van der Waals surface area contributed by atoms with E-state index in [1.54, 1.807) is 0 Å². The average Bonchev–Trinajstić information content (AvgIpc) is 3.35. The molecule has 0 aromatic heterocycles. The topological polar surface area (TPSA) is 49.4 Å². The monoisotopic (exact) mass is 328 g/mol. The third-order valence-electron chi connectivity index (χ3n) is 5.14. The van der Waals surface area contributed by atoms with Crippen molar-refractivity contribution in [3.05, 3.63) is 35.9 Å². The molecule has 4 heteroatoms. The number of piperidine rings is 1. The second-order valence-electron chi connectivity index (χ2n) is 7.31. The highest BCUT2D eigenvalue weighted by Gasteiger charge is 2.45. The molecule has 1 N–H and O–H groups in total. The van der Waals surface area contributed by atoms with E-state index in [4.69, 9.17) is 0 Å². The standard InChI is InChI=1S/C20H28N2O2/c23-18(17-8-3-1-4-9-17)10-7-11-19(24)21-20(12-13-20)16-22-14-5-2-6-15-22/h1,3-4,8-9H,2,5-7,10-16H2,(H,21,24). The van der Waals surface area contributed by atoms with Gasteiger partial charge in [0.2, 0.25) is 5.91 Å². The fourth-order valence-corrected chi connectivity index (χ4v) is 3.56. The molecule has 1 saturated heterocycles. The lowest BCUT2D eigenvalue weighted by Gasteiger charge is -2.31. The second kappa shape index (κ2) is 7.93. The van der Waals surface area contributed by atoms with E-state index in [0.717, 1.165) is 24.9 Å². The van der Waals surface area contributed by atoms with E-state index in [9.17, 15) is 9.59 Å². The first-order valence-corrected chi connectivity index (χ1v) is 9.29. The summed E-state index contributed by atoms with van der Waals surface area (Å²) in [4.78, 5) is 26.8. The van der Waals surface area contributed by atoms with Crippen LogP contribution in [0, 0.1) is 0 Å². The van der Waals surface area contributed by atoms with Crippen molar-refractivity contribution in [2.75, 3.05) is 19.6 Å². The van der Waals surface area contributed by atoms with E-state index < -0.39 is 0 Å². The first-order chi connectivity index (χ1) is 11.7. The van der Waals surface area contributed by atoms with E-state index in [1.165, 1.54) is 32.4 Å². The third kappa shape index (κ3) is 4.91. The molecule has 3 rings (SSSR count). The fraction of sp³-hybridized carbons (Fsp3) is 0.600. The molecule has 1 aromatic rings.